The summed E-state index contributed by atoms with van der Waals surface area (Å²) >= 11 is 6.08. The van der Waals surface area contributed by atoms with Gasteiger partial charge in [-0.25, -0.2) is 0 Å². The van der Waals surface area contributed by atoms with E-state index in [2.05, 4.69) is 43.4 Å². The molecule has 0 spiro atoms. The molecule has 3 N–H and O–H groups in total. The van der Waals surface area contributed by atoms with E-state index in [9.17, 15) is 0 Å². The number of hydrogen-bond acceptors (Lipinski definition) is 2. The highest BCUT2D eigenvalue weighted by Crippen LogP contribution is 2.30. The molecule has 0 radical (unpaired) electrons. The molecule has 100 valence electrons. The maximum atomic E-state index is 6.08. The molecule has 0 aliphatic carbocycles. The van der Waals surface area contributed by atoms with Gasteiger partial charge in [-0.05, 0) is 49.6 Å². The molecule has 2 aromatic rings. The van der Waals surface area contributed by atoms with E-state index in [1.807, 2.05) is 19.1 Å². The second-order valence-electron chi connectivity index (χ2n) is 4.91. The van der Waals surface area contributed by atoms with Gasteiger partial charge in [0.25, 0.3) is 0 Å². The van der Waals surface area contributed by atoms with Crippen LogP contribution in [0.3, 0.4) is 0 Å². The van der Waals surface area contributed by atoms with Crippen molar-refractivity contribution in [2.45, 2.75) is 26.8 Å². The van der Waals surface area contributed by atoms with Gasteiger partial charge in [-0.1, -0.05) is 35.9 Å². The molecule has 0 aromatic heterocycles. The fourth-order valence-corrected chi connectivity index (χ4v) is 2.41. The van der Waals surface area contributed by atoms with Crippen LogP contribution in [-0.4, -0.2) is 0 Å². The van der Waals surface area contributed by atoms with Gasteiger partial charge in [0.1, 0.15) is 0 Å². The molecule has 2 aromatic carbocycles. The molecule has 0 aliphatic heterocycles. The van der Waals surface area contributed by atoms with Crippen LogP contribution in [0.2, 0.25) is 5.02 Å². The molecule has 0 aliphatic rings. The van der Waals surface area contributed by atoms with E-state index in [4.69, 9.17) is 17.3 Å². The first-order valence-electron chi connectivity index (χ1n) is 6.36. The Labute approximate surface area is 119 Å². The monoisotopic (exact) mass is 274 g/mol. The lowest BCUT2D eigenvalue weighted by Gasteiger charge is -2.20. The minimum atomic E-state index is 0.222. The van der Waals surface area contributed by atoms with Crippen LogP contribution in [0.15, 0.2) is 36.4 Å². The second-order valence-corrected chi connectivity index (χ2v) is 5.32. The third-order valence-electron chi connectivity index (χ3n) is 3.37. The van der Waals surface area contributed by atoms with Gasteiger partial charge in [-0.2, -0.15) is 0 Å². The van der Waals surface area contributed by atoms with E-state index < -0.39 is 0 Å². The number of halogens is 1. The molecule has 1 unspecified atom stereocenters. The molecular formula is C16H19ClN2. The van der Waals surface area contributed by atoms with Crippen molar-refractivity contribution in [3.8, 4) is 0 Å². The first-order chi connectivity index (χ1) is 8.99. The minimum absolute atomic E-state index is 0.222. The van der Waals surface area contributed by atoms with Gasteiger partial charge >= 0.3 is 0 Å². The number of nitrogens with two attached hydrogens (primary N) is 1. The highest BCUT2D eigenvalue weighted by Gasteiger charge is 2.10. The van der Waals surface area contributed by atoms with Crippen molar-refractivity contribution >= 4 is 23.0 Å². The number of benzene rings is 2. The number of nitrogen functional groups attached to an aromatic ring is 1. The molecule has 2 rings (SSSR count). The van der Waals surface area contributed by atoms with Gasteiger partial charge in [-0.3, -0.25) is 0 Å². The van der Waals surface area contributed by atoms with Crippen LogP contribution < -0.4 is 11.1 Å². The van der Waals surface area contributed by atoms with Crippen LogP contribution in [-0.2, 0) is 0 Å². The summed E-state index contributed by atoms with van der Waals surface area (Å²) in [5.41, 5.74) is 11.1. The quantitative estimate of drug-likeness (QED) is 0.796. The second kappa shape index (κ2) is 5.54. The largest absolute Gasteiger partial charge is 0.398 e. The summed E-state index contributed by atoms with van der Waals surface area (Å²) < 4.78 is 0. The number of hydrogen-bond donors (Lipinski definition) is 2. The molecular weight excluding hydrogens is 256 g/mol. The molecule has 0 amide bonds. The third-order valence-corrected chi connectivity index (χ3v) is 3.70. The van der Waals surface area contributed by atoms with Gasteiger partial charge in [0.2, 0.25) is 0 Å². The molecule has 2 nitrogen and oxygen atoms in total. The Hall–Kier alpha value is -1.67. The van der Waals surface area contributed by atoms with Crippen molar-refractivity contribution in [2.24, 2.45) is 0 Å². The Balaban J connectivity index is 2.27. The van der Waals surface area contributed by atoms with Crippen molar-refractivity contribution in [1.82, 2.24) is 0 Å². The van der Waals surface area contributed by atoms with Crippen LogP contribution in [0.5, 0.6) is 0 Å². The topological polar surface area (TPSA) is 38.0 Å². The normalized spacial score (nSPS) is 12.2. The van der Waals surface area contributed by atoms with Gasteiger partial charge < -0.3 is 11.1 Å². The highest BCUT2D eigenvalue weighted by molar-refractivity contribution is 6.33. The Bertz CT molecular complexity index is 593. The number of aryl methyl sites for hydroxylation is 2. The van der Waals surface area contributed by atoms with E-state index in [1.165, 1.54) is 11.1 Å². The van der Waals surface area contributed by atoms with E-state index in [1.54, 1.807) is 0 Å². The fraction of sp³-hybridized carbons (Fsp3) is 0.250. The molecule has 0 heterocycles. The van der Waals surface area contributed by atoms with Crippen molar-refractivity contribution in [3.05, 3.63) is 58.1 Å². The standard InChI is InChI=1S/C16H19ClN2/c1-10-6-4-5-7-13(10)12(3)19-16-9-14(17)15(18)8-11(16)2/h4-9,12,19H,18H2,1-3H3. The first-order valence-corrected chi connectivity index (χ1v) is 6.74. The predicted octanol–water partition coefficient (Wildman–Crippen LogP) is 4.71. The Kier molecular flexibility index (Phi) is 4.01. The highest BCUT2D eigenvalue weighted by atomic mass is 35.5. The third kappa shape index (κ3) is 3.02. The zero-order valence-electron chi connectivity index (χ0n) is 11.5. The van der Waals surface area contributed by atoms with Crippen molar-refractivity contribution < 1.29 is 0 Å². The smallest absolute Gasteiger partial charge is 0.0656 e. The van der Waals surface area contributed by atoms with Crippen LogP contribution >= 0.6 is 11.6 Å². The van der Waals surface area contributed by atoms with E-state index in [0.717, 1.165) is 11.3 Å². The lowest BCUT2D eigenvalue weighted by atomic mass is 10.0. The van der Waals surface area contributed by atoms with E-state index >= 15 is 0 Å². The zero-order chi connectivity index (χ0) is 14.0. The van der Waals surface area contributed by atoms with Crippen molar-refractivity contribution in [3.63, 3.8) is 0 Å². The molecule has 0 saturated heterocycles. The summed E-state index contributed by atoms with van der Waals surface area (Å²) in [6.07, 6.45) is 0. The predicted molar refractivity (Wildman–Crippen MR) is 83.8 cm³/mol. The summed E-state index contributed by atoms with van der Waals surface area (Å²) in [5, 5.41) is 4.08. The van der Waals surface area contributed by atoms with Crippen LogP contribution in [0, 0.1) is 13.8 Å². The first kappa shape index (κ1) is 13.8. The lowest BCUT2D eigenvalue weighted by molar-refractivity contribution is 0.872. The zero-order valence-corrected chi connectivity index (χ0v) is 12.3. The van der Waals surface area contributed by atoms with Gasteiger partial charge in [0, 0.05) is 11.7 Å². The Morgan fingerprint density at radius 1 is 1.11 bits per heavy atom. The summed E-state index contributed by atoms with van der Waals surface area (Å²) in [6.45, 7) is 6.29. The fourth-order valence-electron chi connectivity index (χ4n) is 2.24. The molecule has 3 heteroatoms. The summed E-state index contributed by atoms with van der Waals surface area (Å²) in [4.78, 5) is 0. The average Bonchev–Trinajstić information content (AvgIpc) is 2.36. The maximum absolute atomic E-state index is 6.08. The van der Waals surface area contributed by atoms with E-state index in [-0.39, 0.29) is 6.04 Å². The molecule has 0 fully saturated rings. The molecule has 0 bridgehead atoms. The van der Waals surface area contributed by atoms with Crippen molar-refractivity contribution in [1.29, 1.82) is 0 Å². The molecule has 1 atom stereocenters. The van der Waals surface area contributed by atoms with Crippen LogP contribution in [0.1, 0.15) is 29.7 Å². The number of rotatable bonds is 3. The number of anilines is 2. The Morgan fingerprint density at radius 3 is 2.47 bits per heavy atom. The summed E-state index contributed by atoms with van der Waals surface area (Å²) in [6, 6.07) is 12.4. The van der Waals surface area contributed by atoms with Crippen LogP contribution in [0.4, 0.5) is 11.4 Å². The Morgan fingerprint density at radius 2 is 1.79 bits per heavy atom. The number of nitrogens with one attached hydrogen (secondary N) is 1. The SMILES string of the molecule is Cc1cc(N)c(Cl)cc1NC(C)c1ccccc1C. The van der Waals surface area contributed by atoms with Gasteiger partial charge in [0.15, 0.2) is 0 Å². The van der Waals surface area contributed by atoms with Gasteiger partial charge in [0.05, 0.1) is 10.7 Å². The van der Waals surface area contributed by atoms with E-state index in [0.29, 0.717) is 10.7 Å². The lowest BCUT2D eigenvalue weighted by Crippen LogP contribution is -2.09. The molecule has 0 saturated carbocycles. The van der Waals surface area contributed by atoms with Gasteiger partial charge in [-0.15, -0.1) is 0 Å². The van der Waals surface area contributed by atoms with Crippen molar-refractivity contribution in [2.75, 3.05) is 11.1 Å². The summed E-state index contributed by atoms with van der Waals surface area (Å²) in [7, 11) is 0. The average molecular weight is 275 g/mol. The molecule has 19 heavy (non-hydrogen) atoms. The van der Waals surface area contributed by atoms with Crippen LogP contribution in [0.25, 0.3) is 0 Å². The summed E-state index contributed by atoms with van der Waals surface area (Å²) in [5.74, 6) is 0. The maximum Gasteiger partial charge on any atom is 0.0656 e. The minimum Gasteiger partial charge on any atom is -0.398 e.